The fourth-order valence-electron chi connectivity index (χ4n) is 11.0. The van der Waals surface area contributed by atoms with Crippen molar-refractivity contribution >= 4 is 5.97 Å². The van der Waals surface area contributed by atoms with Crippen LogP contribution in [0, 0.1) is 56.7 Å². The number of carbonyl (C=O) groups is 1. The molecule has 0 saturated heterocycles. The third-order valence-electron chi connectivity index (χ3n) is 13.4. The molecule has 0 bridgehead atoms. The van der Waals surface area contributed by atoms with Gasteiger partial charge in [0.05, 0.1) is 17.6 Å². The van der Waals surface area contributed by atoms with Crippen LogP contribution in [0.15, 0.2) is 11.6 Å². The van der Waals surface area contributed by atoms with E-state index >= 15 is 0 Å². The van der Waals surface area contributed by atoms with Gasteiger partial charge in [-0.25, -0.2) is 0 Å². The van der Waals surface area contributed by atoms with E-state index in [9.17, 15) is 20.1 Å². The molecule has 0 aliphatic heterocycles. The van der Waals surface area contributed by atoms with E-state index in [1.165, 1.54) is 5.57 Å². The highest BCUT2D eigenvalue weighted by Crippen LogP contribution is 2.75. The molecule has 3 N–H and O–H groups in total. The lowest BCUT2D eigenvalue weighted by Crippen LogP contribution is -2.67. The summed E-state index contributed by atoms with van der Waals surface area (Å²) in [6, 6.07) is 0. The van der Waals surface area contributed by atoms with Crippen LogP contribution in [-0.2, 0) is 4.79 Å². The van der Waals surface area contributed by atoms with E-state index in [0.29, 0.717) is 30.1 Å². The molecule has 5 rings (SSSR count). The van der Waals surface area contributed by atoms with E-state index < -0.39 is 23.6 Å². The van der Waals surface area contributed by atoms with Crippen molar-refractivity contribution < 1.29 is 20.1 Å². The summed E-state index contributed by atoms with van der Waals surface area (Å²) in [5.74, 6) is 1.30. The summed E-state index contributed by atoms with van der Waals surface area (Å²) in [6.07, 6.45) is 8.53. The Balaban J connectivity index is 1.62. The Morgan fingerprint density at radius 2 is 1.62 bits per heavy atom. The van der Waals surface area contributed by atoms with E-state index in [1.54, 1.807) is 0 Å². The number of rotatable bonds is 1. The highest BCUT2D eigenvalue weighted by atomic mass is 16.4. The summed E-state index contributed by atoms with van der Waals surface area (Å²) < 4.78 is 0. The Bertz CT molecular complexity index is 907. The van der Waals surface area contributed by atoms with E-state index in [0.717, 1.165) is 44.9 Å². The van der Waals surface area contributed by atoms with E-state index in [4.69, 9.17) is 0 Å². The summed E-state index contributed by atoms with van der Waals surface area (Å²) in [7, 11) is 0. The molecule has 0 radical (unpaired) electrons. The summed E-state index contributed by atoms with van der Waals surface area (Å²) >= 11 is 0. The quantitative estimate of drug-likeness (QED) is 0.405. The number of aliphatic hydroxyl groups excluding tert-OH is 2. The second-order valence-electron chi connectivity index (χ2n) is 14.6. The third kappa shape index (κ3) is 2.76. The normalized spacial score (nSPS) is 56.3. The molecule has 34 heavy (non-hydrogen) atoms. The molecule has 0 heterocycles. The number of aliphatic carboxylic acids is 1. The van der Waals surface area contributed by atoms with E-state index in [1.807, 2.05) is 0 Å². The number of hydrogen-bond acceptors (Lipinski definition) is 3. The maximum absolute atomic E-state index is 12.8. The van der Waals surface area contributed by atoms with Gasteiger partial charge < -0.3 is 15.3 Å². The number of hydrogen-bond donors (Lipinski definition) is 3. The number of carboxylic acid groups (broad SMARTS) is 1. The van der Waals surface area contributed by atoms with Gasteiger partial charge in [-0.2, -0.15) is 0 Å². The minimum absolute atomic E-state index is 0.00993. The number of allylic oxidation sites excluding steroid dienone is 2. The van der Waals surface area contributed by atoms with Crippen LogP contribution >= 0.6 is 0 Å². The molecule has 0 aromatic carbocycles. The van der Waals surface area contributed by atoms with Crippen LogP contribution in [0.5, 0.6) is 0 Å². The molecule has 4 heteroatoms. The summed E-state index contributed by atoms with van der Waals surface area (Å²) in [5.41, 5.74) is 0.574. The smallest absolute Gasteiger partial charge is 0.310 e. The van der Waals surface area contributed by atoms with Crippen LogP contribution in [-0.4, -0.2) is 33.5 Å². The Kier molecular flexibility index (Phi) is 5.36. The second kappa shape index (κ2) is 7.34. The first-order chi connectivity index (χ1) is 15.7. The number of aliphatic hydroxyl groups is 2. The lowest BCUT2D eigenvalue weighted by atomic mass is 9.33. The van der Waals surface area contributed by atoms with Crippen molar-refractivity contribution in [2.75, 3.05) is 0 Å². The first-order valence-corrected chi connectivity index (χ1v) is 14.0. The zero-order valence-electron chi connectivity index (χ0n) is 22.5. The van der Waals surface area contributed by atoms with Gasteiger partial charge in [-0.1, -0.05) is 60.1 Å². The Morgan fingerprint density at radius 3 is 2.26 bits per heavy atom. The van der Waals surface area contributed by atoms with Gasteiger partial charge in [0.2, 0.25) is 0 Å². The summed E-state index contributed by atoms with van der Waals surface area (Å²) in [4.78, 5) is 12.8. The minimum atomic E-state index is -0.679. The van der Waals surface area contributed by atoms with Gasteiger partial charge >= 0.3 is 5.97 Å². The van der Waals surface area contributed by atoms with Crippen LogP contribution in [0.4, 0.5) is 0 Å². The zero-order chi connectivity index (χ0) is 25.1. The molecule has 5 aliphatic rings. The topological polar surface area (TPSA) is 77.8 Å². The molecule has 0 spiro atoms. The Morgan fingerprint density at radius 1 is 0.941 bits per heavy atom. The minimum Gasteiger partial charge on any atom is -0.481 e. The molecule has 192 valence electrons. The van der Waals surface area contributed by atoms with Gasteiger partial charge in [0.25, 0.3) is 0 Å². The molecule has 0 aromatic rings. The fourth-order valence-corrected chi connectivity index (χ4v) is 11.0. The van der Waals surface area contributed by atoms with E-state index in [-0.39, 0.29) is 27.6 Å². The maximum atomic E-state index is 12.8. The molecule has 5 aliphatic carbocycles. The monoisotopic (exact) mass is 472 g/mol. The third-order valence-corrected chi connectivity index (χ3v) is 13.4. The SMILES string of the molecule is C[C@H]1[C@H](C)CC[C@]2(C(=O)O)CC[C@]3(C)C(=CCC4[C@@]5(C)C[C@@H](O)[C@@H](O)C(C)(C)C5CC[C@]43C)[C@H]12. The highest BCUT2D eigenvalue weighted by molar-refractivity contribution is 5.76. The summed E-state index contributed by atoms with van der Waals surface area (Å²) in [6.45, 7) is 16.3. The van der Waals surface area contributed by atoms with Crippen molar-refractivity contribution in [1.82, 2.24) is 0 Å². The molecule has 4 saturated carbocycles. The summed E-state index contributed by atoms with van der Waals surface area (Å²) in [5, 5.41) is 32.4. The predicted molar refractivity (Wildman–Crippen MR) is 134 cm³/mol. The van der Waals surface area contributed by atoms with Gasteiger partial charge in [-0.3, -0.25) is 4.79 Å². The molecular weight excluding hydrogens is 424 g/mol. The van der Waals surface area contributed by atoms with Crippen molar-refractivity contribution in [1.29, 1.82) is 0 Å². The molecule has 11 atom stereocenters. The van der Waals surface area contributed by atoms with Crippen LogP contribution in [0.1, 0.15) is 99.8 Å². The average Bonchev–Trinajstić information content (AvgIpc) is 2.75. The van der Waals surface area contributed by atoms with Crippen molar-refractivity contribution in [3.8, 4) is 0 Å². The molecule has 0 aromatic heterocycles. The first-order valence-electron chi connectivity index (χ1n) is 14.0. The van der Waals surface area contributed by atoms with Gasteiger partial charge in [-0.15, -0.1) is 0 Å². The average molecular weight is 473 g/mol. The van der Waals surface area contributed by atoms with Crippen LogP contribution in [0.2, 0.25) is 0 Å². The largest absolute Gasteiger partial charge is 0.481 e. The van der Waals surface area contributed by atoms with Crippen LogP contribution in [0.25, 0.3) is 0 Å². The van der Waals surface area contributed by atoms with Gasteiger partial charge in [0.15, 0.2) is 0 Å². The molecule has 4 nitrogen and oxygen atoms in total. The molecule has 0 amide bonds. The van der Waals surface area contributed by atoms with Gasteiger partial charge in [0.1, 0.15) is 0 Å². The second-order valence-corrected chi connectivity index (χ2v) is 14.6. The van der Waals surface area contributed by atoms with Crippen molar-refractivity contribution in [2.24, 2.45) is 56.7 Å². The van der Waals surface area contributed by atoms with Crippen molar-refractivity contribution in [2.45, 2.75) is 112 Å². The molecular formula is C30H48O4. The van der Waals surface area contributed by atoms with E-state index in [2.05, 4.69) is 54.5 Å². The predicted octanol–water partition coefficient (Wildman–Crippen LogP) is 6.06. The Labute approximate surface area is 206 Å². The van der Waals surface area contributed by atoms with Gasteiger partial charge in [-0.05, 0) is 103 Å². The number of fused-ring (bicyclic) bond motifs is 7. The van der Waals surface area contributed by atoms with Crippen molar-refractivity contribution in [3.63, 3.8) is 0 Å². The van der Waals surface area contributed by atoms with Crippen molar-refractivity contribution in [3.05, 3.63) is 11.6 Å². The fraction of sp³-hybridized carbons (Fsp3) is 0.900. The van der Waals surface area contributed by atoms with Gasteiger partial charge in [0, 0.05) is 0 Å². The maximum Gasteiger partial charge on any atom is 0.310 e. The van der Waals surface area contributed by atoms with Crippen LogP contribution in [0.3, 0.4) is 0 Å². The number of carboxylic acids is 1. The molecule has 2 unspecified atom stereocenters. The lowest BCUT2D eigenvalue weighted by Gasteiger charge is -2.71. The standard InChI is InChI=1S/C30H48O4/c1-17-10-13-30(25(33)34)15-14-28(6)19(23(30)18(17)2)8-9-22-27(5)16-20(31)24(32)26(3,4)21(27)11-12-29(22,28)7/h8,17-18,20-24,31-32H,9-16H2,1-7H3,(H,33,34)/t17-,18+,20-,21?,22?,23+,24-,27+,28-,29-,30+/m1/s1. The highest BCUT2D eigenvalue weighted by Gasteiger charge is 2.70. The first kappa shape index (κ1) is 24.8. The van der Waals surface area contributed by atoms with Crippen LogP contribution < -0.4 is 0 Å². The zero-order valence-corrected chi connectivity index (χ0v) is 22.5. The Hall–Kier alpha value is -0.870. The molecule has 4 fully saturated rings. The lowest BCUT2D eigenvalue weighted by molar-refractivity contribution is -0.232.